The van der Waals surface area contributed by atoms with Gasteiger partial charge in [0.15, 0.2) is 0 Å². The van der Waals surface area contributed by atoms with Crippen molar-refractivity contribution < 1.29 is 18.0 Å². The molecule has 1 saturated heterocycles. The topological polar surface area (TPSA) is 35.6 Å². The molecular weight excluding hydrogens is 283 g/mol. The Kier molecular flexibility index (Phi) is 4.72. The number of piperazine rings is 1. The molecule has 0 saturated carbocycles. The fraction of sp³-hybridized carbons (Fsp3) is 0.500. The Bertz CT molecular complexity index is 479. The summed E-state index contributed by atoms with van der Waals surface area (Å²) in [6, 6.07) is 7.03. The molecular formula is C14H18F3N3O. The van der Waals surface area contributed by atoms with Gasteiger partial charge in [0.2, 0.25) is 0 Å². The molecule has 1 N–H and O–H groups in total. The van der Waals surface area contributed by atoms with Crippen LogP contribution < -0.4 is 5.32 Å². The Balaban J connectivity index is 1.90. The largest absolute Gasteiger partial charge is 0.401 e. The van der Waals surface area contributed by atoms with Crippen molar-refractivity contribution in [2.75, 3.05) is 45.1 Å². The molecule has 21 heavy (non-hydrogen) atoms. The maximum Gasteiger partial charge on any atom is 0.401 e. The van der Waals surface area contributed by atoms with Crippen LogP contribution in [0.15, 0.2) is 24.3 Å². The Morgan fingerprint density at radius 2 is 1.71 bits per heavy atom. The molecule has 0 atom stereocenters. The quantitative estimate of drug-likeness (QED) is 0.928. The van der Waals surface area contributed by atoms with E-state index in [9.17, 15) is 18.0 Å². The second-order valence-electron chi connectivity index (χ2n) is 5.01. The number of alkyl halides is 3. The van der Waals surface area contributed by atoms with Gasteiger partial charge in [-0.05, 0) is 24.3 Å². The lowest BCUT2D eigenvalue weighted by atomic mass is 10.1. The fourth-order valence-corrected chi connectivity index (χ4v) is 2.32. The summed E-state index contributed by atoms with van der Waals surface area (Å²) in [6.45, 7) is 0.233. The normalized spacial score (nSPS) is 16.9. The van der Waals surface area contributed by atoms with Crippen LogP contribution >= 0.6 is 0 Å². The molecule has 1 aromatic carbocycles. The smallest absolute Gasteiger partial charge is 0.388 e. The molecule has 0 aromatic heterocycles. The lowest BCUT2D eigenvalue weighted by Crippen LogP contribution is -2.50. The van der Waals surface area contributed by atoms with Gasteiger partial charge in [0.25, 0.3) is 5.91 Å². The third-order valence-corrected chi connectivity index (χ3v) is 3.48. The molecule has 1 heterocycles. The lowest BCUT2D eigenvalue weighted by molar-refractivity contribution is -0.148. The maximum absolute atomic E-state index is 12.3. The number of carbonyl (C=O) groups is 1. The van der Waals surface area contributed by atoms with Gasteiger partial charge in [-0.2, -0.15) is 13.2 Å². The number of carbonyl (C=O) groups excluding carboxylic acids is 1. The summed E-state index contributed by atoms with van der Waals surface area (Å²) < 4.78 is 36.9. The van der Waals surface area contributed by atoms with Gasteiger partial charge in [-0.1, -0.05) is 0 Å². The minimum Gasteiger partial charge on any atom is -0.388 e. The van der Waals surface area contributed by atoms with Gasteiger partial charge in [-0.15, -0.1) is 0 Å². The standard InChI is InChI=1S/C14H18F3N3O/c1-18-12-4-2-11(3-5-12)13(21)20-8-6-19(7-9-20)10-14(15,16)17/h2-5,18H,6-10H2,1H3. The highest BCUT2D eigenvalue weighted by Gasteiger charge is 2.32. The minimum absolute atomic E-state index is 0.135. The van der Waals surface area contributed by atoms with E-state index in [1.165, 1.54) is 4.90 Å². The van der Waals surface area contributed by atoms with Gasteiger partial charge in [0.05, 0.1) is 6.54 Å². The predicted molar refractivity (Wildman–Crippen MR) is 74.4 cm³/mol. The Morgan fingerprint density at radius 1 is 1.14 bits per heavy atom. The van der Waals surface area contributed by atoms with Gasteiger partial charge in [-0.25, -0.2) is 0 Å². The van der Waals surface area contributed by atoms with Crippen LogP contribution in [0.25, 0.3) is 0 Å². The average molecular weight is 301 g/mol. The van der Waals surface area contributed by atoms with E-state index in [-0.39, 0.29) is 19.0 Å². The maximum atomic E-state index is 12.3. The van der Waals surface area contributed by atoms with Crippen molar-refractivity contribution in [1.82, 2.24) is 9.80 Å². The van der Waals surface area contributed by atoms with Crippen molar-refractivity contribution in [3.63, 3.8) is 0 Å². The number of hydrogen-bond donors (Lipinski definition) is 1. The molecule has 0 unspecified atom stereocenters. The van der Waals surface area contributed by atoms with Crippen molar-refractivity contribution >= 4 is 11.6 Å². The van der Waals surface area contributed by atoms with E-state index in [1.807, 2.05) is 0 Å². The fourth-order valence-electron chi connectivity index (χ4n) is 2.32. The van der Waals surface area contributed by atoms with Gasteiger partial charge in [0, 0.05) is 44.5 Å². The van der Waals surface area contributed by atoms with Crippen LogP contribution in [0, 0.1) is 0 Å². The summed E-state index contributed by atoms with van der Waals surface area (Å²) in [6.07, 6.45) is -4.19. The molecule has 7 heteroatoms. The van der Waals surface area contributed by atoms with Crippen molar-refractivity contribution in [2.45, 2.75) is 6.18 Å². The van der Waals surface area contributed by atoms with Crippen LogP contribution in [-0.2, 0) is 0 Å². The van der Waals surface area contributed by atoms with Crippen molar-refractivity contribution in [3.05, 3.63) is 29.8 Å². The molecule has 0 spiro atoms. The van der Waals surface area contributed by atoms with Crippen molar-refractivity contribution in [2.24, 2.45) is 0 Å². The first-order valence-electron chi connectivity index (χ1n) is 6.75. The number of rotatable bonds is 3. The van der Waals surface area contributed by atoms with Crippen LogP contribution in [0.3, 0.4) is 0 Å². The summed E-state index contributed by atoms with van der Waals surface area (Å²) in [7, 11) is 1.79. The summed E-state index contributed by atoms with van der Waals surface area (Å²) in [4.78, 5) is 15.2. The molecule has 2 rings (SSSR count). The molecule has 1 aromatic rings. The van der Waals surface area contributed by atoms with E-state index in [0.717, 1.165) is 5.69 Å². The second-order valence-corrected chi connectivity index (χ2v) is 5.01. The van der Waals surface area contributed by atoms with Crippen LogP contribution in [0.5, 0.6) is 0 Å². The predicted octanol–water partition coefficient (Wildman–Crippen LogP) is 2.05. The van der Waals surface area contributed by atoms with E-state index in [1.54, 1.807) is 36.2 Å². The van der Waals surface area contributed by atoms with Gasteiger partial charge < -0.3 is 10.2 Å². The Hall–Kier alpha value is -1.76. The van der Waals surface area contributed by atoms with E-state index in [2.05, 4.69) is 5.32 Å². The molecule has 1 aliphatic heterocycles. The van der Waals surface area contributed by atoms with E-state index in [4.69, 9.17) is 0 Å². The molecule has 1 fully saturated rings. The number of nitrogens with zero attached hydrogens (tertiary/aromatic N) is 2. The number of hydrogen-bond acceptors (Lipinski definition) is 3. The SMILES string of the molecule is CNc1ccc(C(=O)N2CCN(CC(F)(F)F)CC2)cc1. The summed E-state index contributed by atoms with van der Waals surface area (Å²) in [5, 5.41) is 2.96. The lowest BCUT2D eigenvalue weighted by Gasteiger charge is -2.35. The number of nitrogens with one attached hydrogen (secondary N) is 1. The first-order valence-corrected chi connectivity index (χ1v) is 6.75. The van der Waals surface area contributed by atoms with Gasteiger partial charge >= 0.3 is 6.18 Å². The number of anilines is 1. The second kappa shape index (κ2) is 6.34. The third-order valence-electron chi connectivity index (χ3n) is 3.48. The Labute approximate surface area is 121 Å². The van der Waals surface area contributed by atoms with Crippen molar-refractivity contribution in [3.8, 4) is 0 Å². The summed E-state index contributed by atoms with van der Waals surface area (Å²) in [5.74, 6) is -0.135. The van der Waals surface area contributed by atoms with Crippen LogP contribution in [-0.4, -0.2) is 61.7 Å². The van der Waals surface area contributed by atoms with E-state index >= 15 is 0 Å². The monoisotopic (exact) mass is 301 g/mol. The third kappa shape index (κ3) is 4.35. The zero-order valence-corrected chi connectivity index (χ0v) is 11.8. The van der Waals surface area contributed by atoms with Gasteiger partial charge in [0.1, 0.15) is 0 Å². The minimum atomic E-state index is -4.19. The molecule has 116 valence electrons. The number of amides is 1. The molecule has 1 aliphatic rings. The van der Waals surface area contributed by atoms with E-state index in [0.29, 0.717) is 18.7 Å². The number of benzene rings is 1. The van der Waals surface area contributed by atoms with Crippen LogP contribution in [0.1, 0.15) is 10.4 Å². The molecule has 1 amide bonds. The zero-order valence-electron chi connectivity index (χ0n) is 11.8. The van der Waals surface area contributed by atoms with Crippen molar-refractivity contribution in [1.29, 1.82) is 0 Å². The summed E-state index contributed by atoms with van der Waals surface area (Å²) in [5.41, 5.74) is 1.46. The molecule has 0 bridgehead atoms. The van der Waals surface area contributed by atoms with E-state index < -0.39 is 12.7 Å². The molecule has 0 radical (unpaired) electrons. The molecule has 0 aliphatic carbocycles. The average Bonchev–Trinajstić information content (AvgIpc) is 2.46. The number of halogens is 3. The van der Waals surface area contributed by atoms with Crippen LogP contribution in [0.4, 0.5) is 18.9 Å². The molecule has 4 nitrogen and oxygen atoms in total. The zero-order chi connectivity index (χ0) is 15.5. The highest BCUT2D eigenvalue weighted by atomic mass is 19.4. The first kappa shape index (κ1) is 15.6. The first-order chi connectivity index (χ1) is 9.89. The highest BCUT2D eigenvalue weighted by molar-refractivity contribution is 5.94. The summed E-state index contributed by atoms with van der Waals surface area (Å²) >= 11 is 0. The highest BCUT2D eigenvalue weighted by Crippen LogP contribution is 2.18. The Morgan fingerprint density at radius 3 is 2.19 bits per heavy atom. The van der Waals surface area contributed by atoms with Gasteiger partial charge in [-0.3, -0.25) is 9.69 Å². The van der Waals surface area contributed by atoms with Crippen LogP contribution in [0.2, 0.25) is 0 Å².